The van der Waals surface area contributed by atoms with E-state index >= 15 is 4.39 Å². The van der Waals surface area contributed by atoms with Gasteiger partial charge in [0, 0.05) is 36.8 Å². The van der Waals surface area contributed by atoms with E-state index < -0.39 is 17.7 Å². The molecule has 2 aromatic rings. The number of alkyl halides is 3. The summed E-state index contributed by atoms with van der Waals surface area (Å²) in [5, 5.41) is -0.139. The van der Waals surface area contributed by atoms with Crippen LogP contribution in [0.1, 0.15) is 38.1 Å². The molecule has 1 aliphatic rings. The summed E-state index contributed by atoms with van der Waals surface area (Å²) in [6.07, 6.45) is -0.0836. The first-order chi connectivity index (χ1) is 14.0. The van der Waals surface area contributed by atoms with E-state index in [9.17, 15) is 13.2 Å². The van der Waals surface area contributed by atoms with Crippen LogP contribution in [0.2, 0.25) is 5.02 Å². The second-order valence-electron chi connectivity index (χ2n) is 7.45. The maximum Gasteiger partial charge on any atom is 0.433 e. The second-order valence-corrected chi connectivity index (χ2v) is 7.86. The second kappa shape index (κ2) is 8.34. The predicted octanol–water partition coefficient (Wildman–Crippen LogP) is 6.08. The lowest BCUT2D eigenvalue weighted by Crippen LogP contribution is -2.26. The Labute approximate surface area is 177 Å². The zero-order valence-electron chi connectivity index (χ0n) is 17.0. The van der Waals surface area contributed by atoms with Crippen molar-refractivity contribution in [1.82, 2.24) is 14.8 Å². The molecule has 0 bridgehead atoms. The molecule has 0 saturated heterocycles. The first kappa shape index (κ1) is 22.2. The van der Waals surface area contributed by atoms with E-state index in [1.165, 1.54) is 12.1 Å². The Balaban J connectivity index is 2.16. The van der Waals surface area contributed by atoms with Gasteiger partial charge in [-0.2, -0.15) is 13.2 Å². The average Bonchev–Trinajstić information content (AvgIpc) is 3.09. The molecule has 0 fully saturated rings. The molecular formula is C21H22ClF4N3O. The lowest BCUT2D eigenvalue weighted by Gasteiger charge is -2.29. The molecule has 0 radical (unpaired) electrons. The number of benzene rings is 1. The summed E-state index contributed by atoms with van der Waals surface area (Å²) in [7, 11) is 1.92. The van der Waals surface area contributed by atoms with Crippen LogP contribution in [0.15, 0.2) is 36.8 Å². The first-order valence-corrected chi connectivity index (χ1v) is 9.73. The van der Waals surface area contributed by atoms with Crippen LogP contribution < -0.4 is 4.74 Å². The van der Waals surface area contributed by atoms with Gasteiger partial charge in [0.15, 0.2) is 5.82 Å². The fraction of sp³-hybridized carbons (Fsp3) is 0.381. The van der Waals surface area contributed by atoms with Crippen molar-refractivity contribution in [1.29, 1.82) is 0 Å². The average molecular weight is 444 g/mol. The van der Waals surface area contributed by atoms with Gasteiger partial charge in [0.05, 0.1) is 29.4 Å². The van der Waals surface area contributed by atoms with Gasteiger partial charge in [0.1, 0.15) is 11.4 Å². The Kier molecular flexibility index (Phi) is 6.17. The molecule has 0 unspecified atom stereocenters. The van der Waals surface area contributed by atoms with E-state index in [2.05, 4.69) is 4.98 Å². The van der Waals surface area contributed by atoms with Gasteiger partial charge in [0.2, 0.25) is 0 Å². The normalized spacial score (nSPS) is 15.3. The third kappa shape index (κ3) is 4.48. The summed E-state index contributed by atoms with van der Waals surface area (Å²) >= 11 is 6.18. The fourth-order valence-corrected chi connectivity index (χ4v) is 3.46. The number of rotatable bonds is 5. The Morgan fingerprint density at radius 2 is 1.87 bits per heavy atom. The third-order valence-corrected chi connectivity index (χ3v) is 5.02. The van der Waals surface area contributed by atoms with Crippen LogP contribution in [-0.2, 0) is 6.18 Å². The molecule has 2 heterocycles. The summed E-state index contributed by atoms with van der Waals surface area (Å²) in [5.74, 6) is -0.525. The molecule has 1 atom stereocenters. The van der Waals surface area contributed by atoms with Crippen molar-refractivity contribution in [2.24, 2.45) is 0 Å². The maximum atomic E-state index is 15.1. The molecule has 4 nitrogen and oxygen atoms in total. The summed E-state index contributed by atoms with van der Waals surface area (Å²) in [5.41, 5.74) is -0.277. The minimum Gasteiger partial charge on any atom is -0.490 e. The van der Waals surface area contributed by atoms with Crippen molar-refractivity contribution in [3.8, 4) is 16.9 Å². The van der Waals surface area contributed by atoms with Gasteiger partial charge in [-0.15, -0.1) is 0 Å². The Morgan fingerprint density at radius 1 is 1.17 bits per heavy atom. The van der Waals surface area contributed by atoms with E-state index in [4.69, 9.17) is 16.3 Å². The van der Waals surface area contributed by atoms with Gasteiger partial charge < -0.3 is 14.5 Å². The SMILES string of the molecule is CC(C)Oc1c([C@H](C)N2C=CN(C)C2)cc(Cl)c(F)c1-c1ccc(C(F)(F)F)nc1. The van der Waals surface area contributed by atoms with Crippen LogP contribution in [0.4, 0.5) is 17.6 Å². The minimum absolute atomic E-state index is 0.00388. The molecule has 1 aliphatic heterocycles. The molecule has 1 aromatic heterocycles. The van der Waals surface area contributed by atoms with E-state index in [0.717, 1.165) is 12.3 Å². The molecule has 1 aromatic carbocycles. The van der Waals surface area contributed by atoms with Crippen LogP contribution in [0, 0.1) is 5.82 Å². The number of hydrogen-bond acceptors (Lipinski definition) is 4. The van der Waals surface area contributed by atoms with Crippen LogP contribution >= 0.6 is 11.6 Å². The largest absolute Gasteiger partial charge is 0.490 e. The van der Waals surface area contributed by atoms with Crippen LogP contribution in [0.25, 0.3) is 11.1 Å². The smallest absolute Gasteiger partial charge is 0.433 e. The number of pyridine rings is 1. The number of hydrogen-bond donors (Lipinski definition) is 0. The van der Waals surface area contributed by atoms with Crippen molar-refractivity contribution >= 4 is 11.6 Å². The molecule has 3 rings (SSSR count). The molecule has 30 heavy (non-hydrogen) atoms. The number of ether oxygens (including phenoxy) is 1. The van der Waals surface area contributed by atoms with E-state index in [-0.39, 0.29) is 34.0 Å². The van der Waals surface area contributed by atoms with Crippen LogP contribution in [0.3, 0.4) is 0 Å². The summed E-state index contributed by atoms with van der Waals surface area (Å²) in [6.45, 7) is 6.13. The molecule has 0 aliphatic carbocycles. The minimum atomic E-state index is -4.59. The zero-order chi connectivity index (χ0) is 22.2. The van der Waals surface area contributed by atoms with Crippen molar-refractivity contribution in [3.05, 3.63) is 58.9 Å². The highest BCUT2D eigenvalue weighted by molar-refractivity contribution is 6.31. The molecule has 0 saturated carbocycles. The van der Waals surface area contributed by atoms with Crippen molar-refractivity contribution in [2.75, 3.05) is 13.7 Å². The highest BCUT2D eigenvalue weighted by atomic mass is 35.5. The quantitative estimate of drug-likeness (QED) is 0.523. The van der Waals surface area contributed by atoms with Gasteiger partial charge in [0.25, 0.3) is 0 Å². The Hall–Kier alpha value is -2.48. The molecular weight excluding hydrogens is 422 g/mol. The van der Waals surface area contributed by atoms with E-state index in [1.54, 1.807) is 13.8 Å². The zero-order valence-corrected chi connectivity index (χ0v) is 17.7. The maximum absolute atomic E-state index is 15.1. The molecule has 0 spiro atoms. The number of aromatic nitrogens is 1. The first-order valence-electron chi connectivity index (χ1n) is 9.35. The Morgan fingerprint density at radius 3 is 2.37 bits per heavy atom. The van der Waals surface area contributed by atoms with Gasteiger partial charge in [-0.3, -0.25) is 4.98 Å². The van der Waals surface area contributed by atoms with Crippen molar-refractivity contribution in [3.63, 3.8) is 0 Å². The summed E-state index contributed by atoms with van der Waals surface area (Å²) in [4.78, 5) is 7.46. The Bertz CT molecular complexity index is 945. The van der Waals surface area contributed by atoms with Gasteiger partial charge in [-0.25, -0.2) is 4.39 Å². The molecule has 0 N–H and O–H groups in total. The topological polar surface area (TPSA) is 28.6 Å². The van der Waals surface area contributed by atoms with Crippen molar-refractivity contribution in [2.45, 2.75) is 39.1 Å². The monoisotopic (exact) mass is 443 g/mol. The highest BCUT2D eigenvalue weighted by Gasteiger charge is 2.33. The molecule has 0 amide bonds. The van der Waals surface area contributed by atoms with Gasteiger partial charge in [-0.05, 0) is 32.9 Å². The standard InChI is InChI=1S/C21H22ClF4N3O/c1-12(2)30-20-15(13(3)29-8-7-28(4)11-29)9-16(22)19(23)18(20)14-5-6-17(27-10-14)21(24,25)26/h5-10,12-13H,11H2,1-4H3/t13-/m0/s1. The molecule has 162 valence electrons. The van der Waals surface area contributed by atoms with Gasteiger partial charge >= 0.3 is 6.18 Å². The number of nitrogens with zero attached hydrogens (tertiary/aromatic N) is 3. The van der Waals surface area contributed by atoms with Crippen LogP contribution in [0.5, 0.6) is 5.75 Å². The summed E-state index contributed by atoms with van der Waals surface area (Å²) in [6, 6.07) is 3.28. The van der Waals surface area contributed by atoms with Crippen molar-refractivity contribution < 1.29 is 22.3 Å². The lowest BCUT2D eigenvalue weighted by molar-refractivity contribution is -0.141. The number of halogens is 5. The fourth-order valence-electron chi connectivity index (χ4n) is 3.25. The third-order valence-electron chi connectivity index (χ3n) is 4.74. The highest BCUT2D eigenvalue weighted by Crippen LogP contribution is 2.44. The summed E-state index contributed by atoms with van der Waals surface area (Å²) < 4.78 is 59.8. The van der Waals surface area contributed by atoms with Gasteiger partial charge in [-0.1, -0.05) is 17.7 Å². The van der Waals surface area contributed by atoms with E-state index in [0.29, 0.717) is 12.2 Å². The van der Waals surface area contributed by atoms with E-state index in [1.807, 2.05) is 36.2 Å². The lowest BCUT2D eigenvalue weighted by atomic mass is 9.97. The molecule has 9 heteroatoms. The van der Waals surface area contributed by atoms with Crippen LogP contribution in [-0.4, -0.2) is 34.6 Å². The predicted molar refractivity (Wildman–Crippen MR) is 107 cm³/mol.